The minimum Gasteiger partial charge on any atom is -0.497 e. The van der Waals surface area contributed by atoms with Gasteiger partial charge in [-0.05, 0) is 43.4 Å². The minimum atomic E-state index is 0.579. The van der Waals surface area contributed by atoms with Crippen molar-refractivity contribution in [3.05, 3.63) is 29.8 Å². The van der Waals surface area contributed by atoms with Gasteiger partial charge in [-0.3, -0.25) is 14.8 Å². The smallest absolute Gasteiger partial charge is 0.349 e. The van der Waals surface area contributed by atoms with Gasteiger partial charge in [-0.1, -0.05) is 44.2 Å². The van der Waals surface area contributed by atoms with Gasteiger partial charge in [0.2, 0.25) is 0 Å². The molecule has 1 N–H and O–H groups in total. The van der Waals surface area contributed by atoms with Crippen LogP contribution >= 0.6 is 0 Å². The molecule has 1 aromatic rings. The Morgan fingerprint density at radius 1 is 1.15 bits per heavy atom. The van der Waals surface area contributed by atoms with Crippen molar-refractivity contribution in [2.45, 2.75) is 70.4 Å². The highest BCUT2D eigenvalue weighted by Gasteiger charge is 2.44. The van der Waals surface area contributed by atoms with E-state index in [1.807, 2.05) is 0 Å². The van der Waals surface area contributed by atoms with E-state index < -0.39 is 0 Å². The quantitative estimate of drug-likeness (QED) is 0.743. The largest absolute Gasteiger partial charge is 0.497 e. The number of ether oxygens (including phenoxy) is 1. The van der Waals surface area contributed by atoms with E-state index in [0.29, 0.717) is 12.1 Å². The van der Waals surface area contributed by atoms with E-state index in [1.165, 1.54) is 63.0 Å². The van der Waals surface area contributed by atoms with E-state index in [4.69, 9.17) is 4.74 Å². The minimum absolute atomic E-state index is 0.579. The summed E-state index contributed by atoms with van der Waals surface area (Å²) in [6.45, 7) is 5.78. The monoisotopic (exact) mass is 370 g/mol. The van der Waals surface area contributed by atoms with Crippen molar-refractivity contribution in [2.75, 3.05) is 26.7 Å². The summed E-state index contributed by atoms with van der Waals surface area (Å²) in [5.41, 5.74) is 1.41. The highest BCUT2D eigenvalue weighted by molar-refractivity contribution is 5.78. The highest BCUT2D eigenvalue weighted by atomic mass is 16.5. The van der Waals surface area contributed by atoms with Crippen molar-refractivity contribution in [2.24, 2.45) is 5.92 Å². The number of guanidine groups is 1. The summed E-state index contributed by atoms with van der Waals surface area (Å²) >= 11 is 0. The van der Waals surface area contributed by atoms with Crippen molar-refractivity contribution >= 4 is 5.96 Å². The Kier molecular flexibility index (Phi) is 5.89. The molecule has 2 atom stereocenters. The van der Waals surface area contributed by atoms with Crippen LogP contribution in [-0.4, -0.2) is 54.3 Å². The average Bonchev–Trinajstić information content (AvgIpc) is 3.23. The molecule has 1 saturated carbocycles. The summed E-state index contributed by atoms with van der Waals surface area (Å²) in [5.74, 6) is 3.32. The summed E-state index contributed by atoms with van der Waals surface area (Å²) < 4.78 is 7.99. The number of fused-ring (bicyclic) bond motifs is 1. The van der Waals surface area contributed by atoms with Gasteiger partial charge in [-0.15, -0.1) is 0 Å². The van der Waals surface area contributed by atoms with Crippen LogP contribution in [0.1, 0.15) is 57.4 Å². The average molecular weight is 371 g/mol. The first kappa shape index (κ1) is 18.6. The Morgan fingerprint density at radius 3 is 2.67 bits per heavy atom. The molecular weight excluding hydrogens is 334 g/mol. The second-order valence-corrected chi connectivity index (χ2v) is 8.75. The first-order valence-corrected chi connectivity index (χ1v) is 11.0. The fourth-order valence-electron chi connectivity index (χ4n) is 5.21. The molecule has 1 aromatic carbocycles. The van der Waals surface area contributed by atoms with Crippen LogP contribution in [0.5, 0.6) is 5.75 Å². The van der Waals surface area contributed by atoms with Gasteiger partial charge in [0.25, 0.3) is 0 Å². The van der Waals surface area contributed by atoms with Crippen molar-refractivity contribution in [3.63, 3.8) is 0 Å². The van der Waals surface area contributed by atoms with Gasteiger partial charge in [0.15, 0.2) is 0 Å². The van der Waals surface area contributed by atoms with Crippen LogP contribution in [0, 0.1) is 5.92 Å². The number of benzene rings is 1. The second-order valence-electron chi connectivity index (χ2n) is 8.75. The molecule has 1 saturated heterocycles. The number of methoxy groups -OCH3 is 1. The molecule has 0 radical (unpaired) electrons. The molecule has 27 heavy (non-hydrogen) atoms. The Balaban J connectivity index is 1.41. The van der Waals surface area contributed by atoms with Gasteiger partial charge in [-0.2, -0.15) is 0 Å². The van der Waals surface area contributed by atoms with Gasteiger partial charge in [0, 0.05) is 6.42 Å². The highest BCUT2D eigenvalue weighted by Crippen LogP contribution is 2.28. The van der Waals surface area contributed by atoms with E-state index in [-0.39, 0.29) is 0 Å². The zero-order chi connectivity index (χ0) is 18.6. The second kappa shape index (κ2) is 8.53. The normalized spacial score (nSPS) is 25.6. The first-order valence-electron chi connectivity index (χ1n) is 11.0. The summed E-state index contributed by atoms with van der Waals surface area (Å²) in [7, 11) is 1.73. The molecule has 4 heteroatoms. The topological polar surface area (TPSA) is 27.5 Å². The lowest BCUT2D eigenvalue weighted by Gasteiger charge is -2.22. The first-order chi connectivity index (χ1) is 13.2. The fourth-order valence-corrected chi connectivity index (χ4v) is 5.21. The van der Waals surface area contributed by atoms with Crippen molar-refractivity contribution in [3.8, 4) is 5.75 Å². The summed E-state index contributed by atoms with van der Waals surface area (Å²) in [4.78, 5) is 2.59. The SMILES string of the molecule is COc1ccc(C[C@@H]2CN3C(=[N+]2CCCC2CCCCC2)NC[C@@H]3C)cc1. The Labute approximate surface area is 164 Å². The molecule has 0 spiro atoms. The zero-order valence-electron chi connectivity index (χ0n) is 17.1. The maximum Gasteiger partial charge on any atom is 0.349 e. The number of nitrogens with one attached hydrogen (secondary N) is 1. The molecule has 0 aromatic heterocycles. The molecule has 0 bridgehead atoms. The number of rotatable bonds is 7. The maximum absolute atomic E-state index is 5.31. The van der Waals surface area contributed by atoms with Gasteiger partial charge in [0.05, 0.1) is 20.2 Å². The van der Waals surface area contributed by atoms with Gasteiger partial charge in [0.1, 0.15) is 24.4 Å². The molecule has 2 aliphatic heterocycles. The van der Waals surface area contributed by atoms with Gasteiger partial charge in [-0.25, -0.2) is 0 Å². The molecular formula is C23H36N3O+. The van der Waals surface area contributed by atoms with Crippen molar-refractivity contribution < 1.29 is 9.31 Å². The Bertz CT molecular complexity index is 648. The summed E-state index contributed by atoms with van der Waals surface area (Å²) in [6, 6.07) is 9.82. The maximum atomic E-state index is 5.31. The molecule has 4 nitrogen and oxygen atoms in total. The molecule has 3 aliphatic rings. The van der Waals surface area contributed by atoms with Crippen LogP contribution in [0.3, 0.4) is 0 Å². The van der Waals surface area contributed by atoms with Crippen LogP contribution in [-0.2, 0) is 6.42 Å². The van der Waals surface area contributed by atoms with Gasteiger partial charge < -0.3 is 4.74 Å². The third-order valence-electron chi connectivity index (χ3n) is 6.85. The third-order valence-corrected chi connectivity index (χ3v) is 6.85. The van der Waals surface area contributed by atoms with Crippen LogP contribution in [0.15, 0.2) is 24.3 Å². The van der Waals surface area contributed by atoms with E-state index >= 15 is 0 Å². The van der Waals surface area contributed by atoms with Gasteiger partial charge >= 0.3 is 5.96 Å². The van der Waals surface area contributed by atoms with Crippen LogP contribution in [0.4, 0.5) is 0 Å². The number of nitrogens with zero attached hydrogens (tertiary/aromatic N) is 2. The molecule has 0 unspecified atom stereocenters. The number of hydrogen-bond donors (Lipinski definition) is 1. The lowest BCUT2D eigenvalue weighted by atomic mass is 9.86. The predicted octanol–water partition coefficient (Wildman–Crippen LogP) is 3.64. The van der Waals surface area contributed by atoms with Crippen LogP contribution < -0.4 is 10.1 Å². The summed E-state index contributed by atoms with van der Waals surface area (Å²) in [5, 5.41) is 3.69. The van der Waals surface area contributed by atoms with Crippen molar-refractivity contribution in [1.82, 2.24) is 10.2 Å². The molecule has 2 fully saturated rings. The summed E-state index contributed by atoms with van der Waals surface area (Å²) in [6.07, 6.45) is 11.2. The van der Waals surface area contributed by atoms with Crippen LogP contribution in [0.25, 0.3) is 0 Å². The Morgan fingerprint density at radius 2 is 1.93 bits per heavy atom. The van der Waals surface area contributed by atoms with E-state index in [9.17, 15) is 0 Å². The van der Waals surface area contributed by atoms with E-state index in [1.54, 1.807) is 7.11 Å². The fraction of sp³-hybridized carbons (Fsp3) is 0.696. The van der Waals surface area contributed by atoms with E-state index in [2.05, 4.69) is 46.0 Å². The number of hydrogen-bond acceptors (Lipinski definition) is 3. The molecule has 148 valence electrons. The zero-order valence-corrected chi connectivity index (χ0v) is 17.1. The van der Waals surface area contributed by atoms with Crippen molar-refractivity contribution in [1.29, 1.82) is 0 Å². The van der Waals surface area contributed by atoms with E-state index in [0.717, 1.165) is 31.2 Å². The predicted molar refractivity (Wildman–Crippen MR) is 111 cm³/mol. The van der Waals surface area contributed by atoms with Crippen LogP contribution in [0.2, 0.25) is 0 Å². The third kappa shape index (κ3) is 4.25. The lowest BCUT2D eigenvalue weighted by molar-refractivity contribution is -0.557. The molecule has 1 aliphatic carbocycles. The molecule has 2 heterocycles. The Hall–Kier alpha value is -1.71. The molecule has 0 amide bonds. The molecule has 4 rings (SSSR count). The lowest BCUT2D eigenvalue weighted by Crippen LogP contribution is -2.34. The standard InChI is InChI=1S/C23H35N3O/c1-18-16-24-23-25(14-6-9-19-7-4-3-5-8-19)21(17-26(18)23)15-20-10-12-22(27-2)13-11-20/h10-13,18-19,21H,3-9,14-17H2,1-2H3/p+1/t18-,21+/m0/s1.